The van der Waals surface area contributed by atoms with Crippen molar-refractivity contribution in [3.63, 3.8) is 0 Å². The summed E-state index contributed by atoms with van der Waals surface area (Å²) in [6.07, 6.45) is 7.53. The second kappa shape index (κ2) is 1.90. The SMILES string of the molecule is Cc1cn(C2(C3CC3)CC2)nn1. The van der Waals surface area contributed by atoms with Gasteiger partial charge in [-0.3, -0.25) is 0 Å². The van der Waals surface area contributed by atoms with Gasteiger partial charge in [0.2, 0.25) is 0 Å². The molecule has 3 rings (SSSR count). The summed E-state index contributed by atoms with van der Waals surface area (Å²) in [4.78, 5) is 0. The summed E-state index contributed by atoms with van der Waals surface area (Å²) in [6, 6.07) is 0. The highest BCUT2D eigenvalue weighted by atomic mass is 15.5. The number of hydrogen-bond acceptors (Lipinski definition) is 2. The van der Waals surface area contributed by atoms with E-state index < -0.39 is 0 Å². The molecule has 1 heterocycles. The van der Waals surface area contributed by atoms with Crippen LogP contribution in [0.15, 0.2) is 6.20 Å². The Morgan fingerprint density at radius 1 is 1.50 bits per heavy atom. The monoisotopic (exact) mass is 163 g/mol. The van der Waals surface area contributed by atoms with Crippen molar-refractivity contribution in [2.45, 2.75) is 38.1 Å². The van der Waals surface area contributed by atoms with Gasteiger partial charge in [-0.1, -0.05) is 5.21 Å². The summed E-state index contributed by atoms with van der Waals surface area (Å²) >= 11 is 0. The molecular weight excluding hydrogens is 150 g/mol. The van der Waals surface area contributed by atoms with Crippen molar-refractivity contribution in [1.82, 2.24) is 15.0 Å². The van der Waals surface area contributed by atoms with Crippen LogP contribution in [-0.4, -0.2) is 15.0 Å². The zero-order valence-corrected chi connectivity index (χ0v) is 7.32. The third kappa shape index (κ3) is 0.765. The fourth-order valence-corrected chi connectivity index (χ4v) is 2.14. The van der Waals surface area contributed by atoms with Crippen LogP contribution in [-0.2, 0) is 5.54 Å². The summed E-state index contributed by atoms with van der Waals surface area (Å²) < 4.78 is 2.11. The molecule has 0 spiro atoms. The van der Waals surface area contributed by atoms with Gasteiger partial charge in [0.15, 0.2) is 0 Å². The van der Waals surface area contributed by atoms with Gasteiger partial charge in [-0.15, -0.1) is 5.10 Å². The highest BCUT2D eigenvalue weighted by Crippen LogP contribution is 2.58. The molecule has 3 nitrogen and oxygen atoms in total. The van der Waals surface area contributed by atoms with Crippen molar-refractivity contribution in [2.24, 2.45) is 5.92 Å². The highest BCUT2D eigenvalue weighted by Gasteiger charge is 2.56. The predicted molar refractivity (Wildman–Crippen MR) is 44.7 cm³/mol. The van der Waals surface area contributed by atoms with Gasteiger partial charge in [-0.05, 0) is 38.5 Å². The van der Waals surface area contributed by atoms with Crippen LogP contribution in [0.3, 0.4) is 0 Å². The number of aryl methyl sites for hydroxylation is 1. The quantitative estimate of drug-likeness (QED) is 0.661. The van der Waals surface area contributed by atoms with Gasteiger partial charge >= 0.3 is 0 Å². The van der Waals surface area contributed by atoms with Crippen LogP contribution in [0.4, 0.5) is 0 Å². The molecule has 0 aromatic carbocycles. The minimum absolute atomic E-state index is 0.418. The summed E-state index contributed by atoms with van der Waals surface area (Å²) in [5.74, 6) is 0.915. The molecule has 0 saturated heterocycles. The summed E-state index contributed by atoms with van der Waals surface area (Å²) in [7, 11) is 0. The summed E-state index contributed by atoms with van der Waals surface area (Å²) in [5, 5.41) is 8.22. The van der Waals surface area contributed by atoms with Gasteiger partial charge in [-0.25, -0.2) is 4.68 Å². The smallest absolute Gasteiger partial charge is 0.0796 e. The Labute approximate surface area is 71.8 Å². The van der Waals surface area contributed by atoms with E-state index in [-0.39, 0.29) is 0 Å². The van der Waals surface area contributed by atoms with Crippen molar-refractivity contribution in [3.05, 3.63) is 11.9 Å². The van der Waals surface area contributed by atoms with E-state index in [2.05, 4.69) is 21.2 Å². The average Bonchev–Trinajstić information content (AvgIpc) is 2.92. The van der Waals surface area contributed by atoms with Crippen molar-refractivity contribution in [1.29, 1.82) is 0 Å². The van der Waals surface area contributed by atoms with Crippen LogP contribution in [0.2, 0.25) is 0 Å². The normalized spacial score (nSPS) is 25.8. The molecule has 3 heteroatoms. The maximum atomic E-state index is 4.18. The maximum Gasteiger partial charge on any atom is 0.0796 e. The third-order valence-corrected chi connectivity index (χ3v) is 3.16. The molecule has 0 radical (unpaired) electrons. The Kier molecular flexibility index (Phi) is 1.05. The molecule has 0 unspecified atom stereocenters. The number of rotatable bonds is 2. The lowest BCUT2D eigenvalue weighted by molar-refractivity contribution is 0.371. The van der Waals surface area contributed by atoms with Gasteiger partial charge in [0.25, 0.3) is 0 Å². The third-order valence-electron chi connectivity index (χ3n) is 3.16. The fourth-order valence-electron chi connectivity index (χ4n) is 2.14. The van der Waals surface area contributed by atoms with Crippen LogP contribution in [0.1, 0.15) is 31.4 Å². The van der Waals surface area contributed by atoms with E-state index >= 15 is 0 Å². The molecule has 2 aliphatic rings. The number of hydrogen-bond donors (Lipinski definition) is 0. The molecule has 0 bridgehead atoms. The Bertz CT molecular complexity index is 307. The number of aromatic nitrogens is 3. The molecule has 1 aromatic rings. The highest BCUT2D eigenvalue weighted by molar-refractivity contribution is 5.09. The van der Waals surface area contributed by atoms with Crippen molar-refractivity contribution < 1.29 is 0 Å². The Morgan fingerprint density at radius 2 is 2.25 bits per heavy atom. The van der Waals surface area contributed by atoms with E-state index in [1.54, 1.807) is 0 Å². The molecule has 64 valence electrons. The molecule has 0 aliphatic heterocycles. The van der Waals surface area contributed by atoms with E-state index in [1.165, 1.54) is 25.7 Å². The lowest BCUT2D eigenvalue weighted by Gasteiger charge is -2.12. The molecular formula is C9H13N3. The molecule has 2 aliphatic carbocycles. The van der Waals surface area contributed by atoms with Crippen LogP contribution >= 0.6 is 0 Å². The maximum absolute atomic E-state index is 4.18. The van der Waals surface area contributed by atoms with Crippen LogP contribution < -0.4 is 0 Å². The standard InChI is InChI=1S/C9H13N3/c1-7-6-12(11-10-7)9(4-5-9)8-2-3-8/h6,8H,2-5H2,1H3. The van der Waals surface area contributed by atoms with Crippen molar-refractivity contribution in [2.75, 3.05) is 0 Å². The molecule has 0 N–H and O–H groups in total. The van der Waals surface area contributed by atoms with E-state index in [9.17, 15) is 0 Å². The molecule has 0 amide bonds. The molecule has 12 heavy (non-hydrogen) atoms. The van der Waals surface area contributed by atoms with Crippen LogP contribution in [0.25, 0.3) is 0 Å². The second-order valence-electron chi connectivity index (χ2n) is 4.18. The Morgan fingerprint density at radius 3 is 2.67 bits per heavy atom. The van der Waals surface area contributed by atoms with Gasteiger partial charge < -0.3 is 0 Å². The minimum atomic E-state index is 0.418. The summed E-state index contributed by atoms with van der Waals surface area (Å²) in [6.45, 7) is 2.01. The number of nitrogens with zero attached hydrogens (tertiary/aromatic N) is 3. The van der Waals surface area contributed by atoms with Gasteiger partial charge in [0.05, 0.1) is 11.2 Å². The first-order chi connectivity index (χ1) is 5.81. The average molecular weight is 163 g/mol. The second-order valence-corrected chi connectivity index (χ2v) is 4.18. The van der Waals surface area contributed by atoms with Gasteiger partial charge in [0.1, 0.15) is 0 Å². The van der Waals surface area contributed by atoms with Crippen LogP contribution in [0, 0.1) is 12.8 Å². The zero-order valence-electron chi connectivity index (χ0n) is 7.32. The minimum Gasteiger partial charge on any atom is -0.246 e. The van der Waals surface area contributed by atoms with E-state index in [1.807, 2.05) is 6.92 Å². The van der Waals surface area contributed by atoms with Crippen molar-refractivity contribution in [3.8, 4) is 0 Å². The van der Waals surface area contributed by atoms with E-state index in [0.717, 1.165) is 11.6 Å². The van der Waals surface area contributed by atoms with Crippen LogP contribution in [0.5, 0.6) is 0 Å². The zero-order chi connectivity index (χ0) is 8.18. The van der Waals surface area contributed by atoms with Crippen molar-refractivity contribution >= 4 is 0 Å². The van der Waals surface area contributed by atoms with Gasteiger partial charge in [-0.2, -0.15) is 0 Å². The molecule has 1 aromatic heterocycles. The lowest BCUT2D eigenvalue weighted by Crippen LogP contribution is -2.20. The van der Waals surface area contributed by atoms with E-state index in [0.29, 0.717) is 5.54 Å². The van der Waals surface area contributed by atoms with Gasteiger partial charge in [0, 0.05) is 6.20 Å². The largest absolute Gasteiger partial charge is 0.246 e. The first kappa shape index (κ1) is 6.63. The molecule has 2 fully saturated rings. The topological polar surface area (TPSA) is 30.7 Å². The Balaban J connectivity index is 1.96. The van der Waals surface area contributed by atoms with E-state index in [4.69, 9.17) is 0 Å². The molecule has 0 atom stereocenters. The fraction of sp³-hybridized carbons (Fsp3) is 0.778. The lowest BCUT2D eigenvalue weighted by atomic mass is 10.1. The molecule has 2 saturated carbocycles. The Hall–Kier alpha value is -0.860. The first-order valence-corrected chi connectivity index (χ1v) is 4.71. The first-order valence-electron chi connectivity index (χ1n) is 4.71. The predicted octanol–water partition coefficient (Wildman–Crippen LogP) is 1.49. The summed E-state index contributed by atoms with van der Waals surface area (Å²) in [5.41, 5.74) is 1.46.